The number of hydrogen-bond donors (Lipinski definition) is 0. The summed E-state index contributed by atoms with van der Waals surface area (Å²) in [6.45, 7) is 4.58. The third kappa shape index (κ3) is 3.97. The van der Waals surface area contributed by atoms with Crippen LogP contribution in [0.25, 0.3) is 0 Å². The first-order valence-corrected chi connectivity index (χ1v) is 8.30. The molecule has 23 heavy (non-hydrogen) atoms. The van der Waals surface area contributed by atoms with Gasteiger partial charge in [0.25, 0.3) is 0 Å². The van der Waals surface area contributed by atoms with Crippen LogP contribution in [0, 0.1) is 0 Å². The van der Waals surface area contributed by atoms with Gasteiger partial charge in [0, 0.05) is 64.5 Å². The molecule has 3 heterocycles. The number of hydrogen-bond acceptors (Lipinski definition) is 5. The highest BCUT2D eigenvalue weighted by Gasteiger charge is 2.23. The molecule has 0 aliphatic carbocycles. The number of carbonyl (C=O) groups is 2. The van der Waals surface area contributed by atoms with Gasteiger partial charge < -0.3 is 14.7 Å². The van der Waals surface area contributed by atoms with Gasteiger partial charge in [0.1, 0.15) is 5.82 Å². The summed E-state index contributed by atoms with van der Waals surface area (Å²) in [6.07, 6.45) is 8.00. The summed E-state index contributed by atoms with van der Waals surface area (Å²) in [7, 11) is 0. The molecule has 0 N–H and O–H groups in total. The number of aromatic nitrogens is 2. The maximum Gasteiger partial charge on any atom is 0.222 e. The summed E-state index contributed by atoms with van der Waals surface area (Å²) in [6, 6.07) is 0. The maximum atomic E-state index is 12.3. The van der Waals surface area contributed by atoms with Crippen molar-refractivity contribution in [1.29, 1.82) is 0 Å². The number of amides is 2. The summed E-state index contributed by atoms with van der Waals surface area (Å²) < 4.78 is 0. The largest absolute Gasteiger partial charge is 0.352 e. The van der Waals surface area contributed by atoms with E-state index >= 15 is 0 Å². The second-order valence-corrected chi connectivity index (χ2v) is 6.02. The average Bonchev–Trinajstić information content (AvgIpc) is 3.01. The lowest BCUT2D eigenvalue weighted by molar-refractivity contribution is -0.132. The summed E-state index contributed by atoms with van der Waals surface area (Å²) in [5, 5.41) is 0. The fourth-order valence-corrected chi connectivity index (χ4v) is 3.16. The van der Waals surface area contributed by atoms with E-state index in [1.807, 2.05) is 9.80 Å². The van der Waals surface area contributed by atoms with Gasteiger partial charge in [-0.1, -0.05) is 0 Å². The Hall–Kier alpha value is -2.18. The number of anilines is 1. The van der Waals surface area contributed by atoms with Crippen molar-refractivity contribution in [2.75, 3.05) is 44.2 Å². The van der Waals surface area contributed by atoms with E-state index in [1.165, 1.54) is 0 Å². The van der Waals surface area contributed by atoms with E-state index < -0.39 is 0 Å². The second kappa shape index (κ2) is 7.39. The molecule has 0 atom stereocenters. The molecule has 0 spiro atoms. The molecular weight excluding hydrogens is 294 g/mol. The molecule has 1 aromatic heterocycles. The van der Waals surface area contributed by atoms with Crippen LogP contribution < -0.4 is 4.90 Å². The fraction of sp³-hybridized carbons (Fsp3) is 0.625. The van der Waals surface area contributed by atoms with Crippen LogP contribution in [0.5, 0.6) is 0 Å². The molecule has 2 aliphatic heterocycles. The Morgan fingerprint density at radius 1 is 1.13 bits per heavy atom. The van der Waals surface area contributed by atoms with Crippen LogP contribution in [0.4, 0.5) is 5.82 Å². The molecule has 2 fully saturated rings. The van der Waals surface area contributed by atoms with E-state index in [2.05, 4.69) is 14.9 Å². The summed E-state index contributed by atoms with van der Waals surface area (Å²) in [5.74, 6) is 1.29. The van der Waals surface area contributed by atoms with E-state index in [4.69, 9.17) is 0 Å². The van der Waals surface area contributed by atoms with Crippen molar-refractivity contribution in [2.45, 2.75) is 25.7 Å². The molecule has 3 rings (SSSR count). The number of carbonyl (C=O) groups excluding carboxylic acids is 2. The molecule has 2 saturated heterocycles. The third-order valence-corrected chi connectivity index (χ3v) is 4.50. The van der Waals surface area contributed by atoms with Crippen molar-refractivity contribution in [2.24, 2.45) is 0 Å². The van der Waals surface area contributed by atoms with Crippen molar-refractivity contribution >= 4 is 17.6 Å². The lowest BCUT2D eigenvalue weighted by Crippen LogP contribution is -2.49. The van der Waals surface area contributed by atoms with E-state index in [-0.39, 0.29) is 11.8 Å². The zero-order chi connectivity index (χ0) is 16.1. The molecule has 2 aliphatic rings. The highest BCUT2D eigenvalue weighted by atomic mass is 16.2. The Balaban J connectivity index is 1.39. The average molecular weight is 317 g/mol. The number of nitrogens with zero attached hydrogens (tertiary/aromatic N) is 5. The Kier molecular flexibility index (Phi) is 5.05. The Morgan fingerprint density at radius 3 is 2.61 bits per heavy atom. The Labute approximate surface area is 136 Å². The quantitative estimate of drug-likeness (QED) is 0.792. The van der Waals surface area contributed by atoms with Gasteiger partial charge in [-0.3, -0.25) is 14.6 Å². The molecule has 1 aromatic rings. The van der Waals surface area contributed by atoms with Gasteiger partial charge in [0.05, 0.1) is 6.20 Å². The minimum Gasteiger partial charge on any atom is -0.352 e. The van der Waals surface area contributed by atoms with Crippen molar-refractivity contribution < 1.29 is 9.59 Å². The topological polar surface area (TPSA) is 69.6 Å². The fourth-order valence-electron chi connectivity index (χ4n) is 3.16. The van der Waals surface area contributed by atoms with Crippen LogP contribution in [-0.2, 0) is 9.59 Å². The second-order valence-electron chi connectivity index (χ2n) is 6.02. The standard InChI is InChI=1S/C16H23N5O2/c22-15-3-1-7-20(15)8-2-4-16(23)21-11-9-19(10-12-21)14-13-17-5-6-18-14/h5-6,13H,1-4,7-12H2. The van der Waals surface area contributed by atoms with Gasteiger partial charge >= 0.3 is 0 Å². The minimum atomic E-state index is 0.190. The zero-order valence-electron chi connectivity index (χ0n) is 13.4. The summed E-state index contributed by atoms with van der Waals surface area (Å²) in [5.41, 5.74) is 0. The van der Waals surface area contributed by atoms with Gasteiger partial charge in [0.15, 0.2) is 0 Å². The van der Waals surface area contributed by atoms with Crippen LogP contribution in [0.3, 0.4) is 0 Å². The highest BCUT2D eigenvalue weighted by molar-refractivity contribution is 5.78. The van der Waals surface area contributed by atoms with E-state index in [9.17, 15) is 9.59 Å². The van der Waals surface area contributed by atoms with Gasteiger partial charge in [-0.15, -0.1) is 0 Å². The molecule has 124 valence electrons. The molecule has 0 aromatic carbocycles. The maximum absolute atomic E-state index is 12.3. The molecular formula is C16H23N5O2. The van der Waals surface area contributed by atoms with Gasteiger partial charge in [0.2, 0.25) is 11.8 Å². The van der Waals surface area contributed by atoms with Crippen molar-refractivity contribution in [3.8, 4) is 0 Å². The van der Waals surface area contributed by atoms with Crippen molar-refractivity contribution in [3.05, 3.63) is 18.6 Å². The van der Waals surface area contributed by atoms with Crippen LogP contribution in [-0.4, -0.2) is 70.9 Å². The van der Waals surface area contributed by atoms with Crippen LogP contribution in [0.2, 0.25) is 0 Å². The van der Waals surface area contributed by atoms with Crippen molar-refractivity contribution in [3.63, 3.8) is 0 Å². The lowest BCUT2D eigenvalue weighted by Gasteiger charge is -2.35. The first-order chi connectivity index (χ1) is 11.2. The number of piperazine rings is 1. The molecule has 7 heteroatoms. The number of rotatable bonds is 5. The predicted octanol–water partition coefficient (Wildman–Crippen LogP) is 0.528. The van der Waals surface area contributed by atoms with Gasteiger partial charge in [-0.05, 0) is 12.8 Å². The zero-order valence-corrected chi connectivity index (χ0v) is 13.4. The van der Waals surface area contributed by atoms with Crippen LogP contribution >= 0.6 is 0 Å². The number of likely N-dealkylation sites (tertiary alicyclic amines) is 1. The SMILES string of the molecule is O=C1CCCN1CCCC(=O)N1CCN(c2cnccn2)CC1. The Bertz CT molecular complexity index is 543. The van der Waals surface area contributed by atoms with E-state index in [0.717, 1.165) is 51.4 Å². The first kappa shape index (κ1) is 15.7. The molecule has 0 unspecified atom stereocenters. The molecule has 0 saturated carbocycles. The molecule has 2 amide bonds. The first-order valence-electron chi connectivity index (χ1n) is 8.30. The lowest BCUT2D eigenvalue weighted by atomic mass is 10.2. The smallest absolute Gasteiger partial charge is 0.222 e. The normalized spacial score (nSPS) is 18.6. The van der Waals surface area contributed by atoms with Crippen LogP contribution in [0.15, 0.2) is 18.6 Å². The van der Waals surface area contributed by atoms with E-state index in [0.29, 0.717) is 19.4 Å². The molecule has 0 bridgehead atoms. The van der Waals surface area contributed by atoms with Crippen molar-refractivity contribution in [1.82, 2.24) is 19.8 Å². The molecule has 0 radical (unpaired) electrons. The third-order valence-electron chi connectivity index (χ3n) is 4.50. The van der Waals surface area contributed by atoms with Crippen LogP contribution in [0.1, 0.15) is 25.7 Å². The monoisotopic (exact) mass is 317 g/mol. The Morgan fingerprint density at radius 2 is 1.96 bits per heavy atom. The highest BCUT2D eigenvalue weighted by Crippen LogP contribution is 2.14. The van der Waals surface area contributed by atoms with Gasteiger partial charge in [-0.25, -0.2) is 4.98 Å². The molecule has 7 nitrogen and oxygen atoms in total. The predicted molar refractivity (Wildman–Crippen MR) is 85.9 cm³/mol. The van der Waals surface area contributed by atoms with E-state index in [1.54, 1.807) is 18.6 Å². The summed E-state index contributed by atoms with van der Waals surface area (Å²) >= 11 is 0. The van der Waals surface area contributed by atoms with Gasteiger partial charge in [-0.2, -0.15) is 0 Å². The summed E-state index contributed by atoms with van der Waals surface area (Å²) in [4.78, 5) is 38.1. The minimum absolute atomic E-state index is 0.190.